The zero-order valence-corrected chi connectivity index (χ0v) is 18.8. The maximum absolute atomic E-state index is 13.2. The Labute approximate surface area is 191 Å². The predicted molar refractivity (Wildman–Crippen MR) is 118 cm³/mol. The zero-order chi connectivity index (χ0) is 22.8. The van der Waals surface area contributed by atoms with E-state index in [1.807, 2.05) is 6.92 Å². The number of halogens is 3. The molecule has 0 atom stereocenters. The lowest BCUT2D eigenvalue weighted by Gasteiger charge is -2.11. The number of benzene rings is 1. The van der Waals surface area contributed by atoms with Crippen LogP contribution in [-0.4, -0.2) is 31.4 Å². The molecule has 1 fully saturated rings. The number of anilines is 2. The fraction of sp³-hybridized carbons (Fsp3) is 0.333. The molecule has 0 aliphatic heterocycles. The summed E-state index contributed by atoms with van der Waals surface area (Å²) in [6.07, 6.45) is 0.592. The second kappa shape index (κ2) is 9.19. The number of nitrogens with zero attached hydrogens (tertiary/aromatic N) is 4. The van der Waals surface area contributed by atoms with Gasteiger partial charge < -0.3 is 10.6 Å². The second-order valence-corrected chi connectivity index (χ2v) is 8.23. The molecule has 0 unspecified atom stereocenters. The van der Waals surface area contributed by atoms with Crippen LogP contribution in [0, 0.1) is 0 Å². The molecule has 32 heavy (non-hydrogen) atoms. The summed E-state index contributed by atoms with van der Waals surface area (Å²) in [4.78, 5) is 25.1. The van der Waals surface area contributed by atoms with Gasteiger partial charge in [-0.05, 0) is 60.0 Å². The molecular weight excluding hydrogens is 486 g/mol. The lowest BCUT2D eigenvalue weighted by atomic mass is 10.2. The first-order valence-electron chi connectivity index (χ1n) is 10.1. The van der Waals surface area contributed by atoms with Gasteiger partial charge in [-0.2, -0.15) is 10.2 Å². The van der Waals surface area contributed by atoms with Gasteiger partial charge in [0.25, 0.3) is 12.3 Å². The Morgan fingerprint density at radius 1 is 1.19 bits per heavy atom. The van der Waals surface area contributed by atoms with Gasteiger partial charge in [0.1, 0.15) is 17.9 Å². The van der Waals surface area contributed by atoms with Crippen LogP contribution in [0.25, 0.3) is 0 Å². The first-order chi connectivity index (χ1) is 15.4. The molecule has 2 aromatic heterocycles. The van der Waals surface area contributed by atoms with Crippen molar-refractivity contribution in [3.8, 4) is 0 Å². The highest BCUT2D eigenvalue weighted by Crippen LogP contribution is 2.45. The SMILES string of the molecule is CCn1nccc1C(=O)Nc1cccc(NC(=O)Cn2nc(C(F)F)c(Br)c2C2CC2)c1. The van der Waals surface area contributed by atoms with E-state index in [0.29, 0.717) is 29.3 Å². The van der Waals surface area contributed by atoms with Crippen molar-refractivity contribution < 1.29 is 18.4 Å². The molecule has 1 aliphatic rings. The van der Waals surface area contributed by atoms with Crippen molar-refractivity contribution in [2.24, 2.45) is 0 Å². The molecule has 8 nitrogen and oxygen atoms in total. The van der Waals surface area contributed by atoms with E-state index in [9.17, 15) is 18.4 Å². The quantitative estimate of drug-likeness (QED) is 0.467. The van der Waals surface area contributed by atoms with Crippen LogP contribution >= 0.6 is 15.9 Å². The van der Waals surface area contributed by atoms with Gasteiger partial charge >= 0.3 is 0 Å². The number of carbonyl (C=O) groups is 2. The average molecular weight is 507 g/mol. The maximum atomic E-state index is 13.2. The second-order valence-electron chi connectivity index (χ2n) is 7.43. The van der Waals surface area contributed by atoms with Crippen molar-refractivity contribution >= 4 is 39.1 Å². The van der Waals surface area contributed by atoms with Crippen molar-refractivity contribution in [1.82, 2.24) is 19.6 Å². The Bertz CT molecular complexity index is 1160. The van der Waals surface area contributed by atoms with E-state index in [4.69, 9.17) is 0 Å². The molecular formula is C21H21BrF2N6O2. The molecule has 11 heteroatoms. The Morgan fingerprint density at radius 3 is 2.56 bits per heavy atom. The van der Waals surface area contributed by atoms with Crippen LogP contribution in [0.5, 0.6) is 0 Å². The largest absolute Gasteiger partial charge is 0.324 e. The van der Waals surface area contributed by atoms with E-state index in [2.05, 4.69) is 36.8 Å². The van der Waals surface area contributed by atoms with E-state index >= 15 is 0 Å². The number of hydrogen-bond acceptors (Lipinski definition) is 4. The molecule has 1 saturated carbocycles. The molecule has 0 spiro atoms. The van der Waals surface area contributed by atoms with Crippen LogP contribution in [0.1, 0.15) is 54.0 Å². The first-order valence-corrected chi connectivity index (χ1v) is 10.9. The molecule has 1 aliphatic carbocycles. The summed E-state index contributed by atoms with van der Waals surface area (Å²) in [5.74, 6) is -0.592. The third-order valence-corrected chi connectivity index (χ3v) is 5.89. The predicted octanol–water partition coefficient (Wildman–Crippen LogP) is 4.57. The lowest BCUT2D eigenvalue weighted by Crippen LogP contribution is -2.21. The summed E-state index contributed by atoms with van der Waals surface area (Å²) in [5, 5.41) is 13.5. The topological polar surface area (TPSA) is 93.8 Å². The highest BCUT2D eigenvalue weighted by Gasteiger charge is 2.34. The van der Waals surface area contributed by atoms with Crippen LogP contribution < -0.4 is 10.6 Å². The third kappa shape index (κ3) is 4.72. The van der Waals surface area contributed by atoms with Gasteiger partial charge in [-0.25, -0.2) is 8.78 Å². The molecule has 4 rings (SSSR count). The Hall–Kier alpha value is -3.08. The van der Waals surface area contributed by atoms with Gasteiger partial charge in [0.05, 0.1) is 10.2 Å². The fourth-order valence-electron chi connectivity index (χ4n) is 3.46. The highest BCUT2D eigenvalue weighted by atomic mass is 79.9. The molecule has 3 aromatic rings. The molecule has 2 N–H and O–H groups in total. The van der Waals surface area contributed by atoms with Crippen LogP contribution in [0.2, 0.25) is 0 Å². The van der Waals surface area contributed by atoms with Crippen molar-refractivity contribution in [2.45, 2.75) is 45.2 Å². The number of nitrogens with one attached hydrogen (secondary N) is 2. The van der Waals surface area contributed by atoms with E-state index in [1.54, 1.807) is 41.2 Å². The van der Waals surface area contributed by atoms with Gasteiger partial charge in [-0.3, -0.25) is 19.0 Å². The zero-order valence-electron chi connectivity index (χ0n) is 17.2. The van der Waals surface area contributed by atoms with Crippen LogP contribution in [0.4, 0.5) is 20.2 Å². The summed E-state index contributed by atoms with van der Waals surface area (Å²) in [7, 11) is 0. The molecule has 0 saturated heterocycles. The lowest BCUT2D eigenvalue weighted by molar-refractivity contribution is -0.117. The molecule has 2 amide bonds. The minimum atomic E-state index is -2.73. The van der Waals surface area contributed by atoms with Gasteiger partial charge in [-0.1, -0.05) is 6.07 Å². The first kappa shape index (κ1) is 22.1. The normalized spacial score (nSPS) is 13.4. The van der Waals surface area contributed by atoms with E-state index in [1.165, 1.54) is 4.68 Å². The van der Waals surface area contributed by atoms with Gasteiger partial charge in [-0.15, -0.1) is 0 Å². The van der Waals surface area contributed by atoms with Crippen molar-refractivity contribution in [3.63, 3.8) is 0 Å². The summed E-state index contributed by atoms with van der Waals surface area (Å²) in [6.45, 7) is 2.26. The fourth-order valence-corrected chi connectivity index (χ4v) is 4.24. The molecule has 2 heterocycles. The van der Waals surface area contributed by atoms with Crippen LogP contribution in [-0.2, 0) is 17.9 Å². The molecule has 0 bridgehead atoms. The number of aryl methyl sites for hydroxylation is 1. The number of hydrogen-bond donors (Lipinski definition) is 2. The van der Waals surface area contributed by atoms with Gasteiger partial charge in [0.15, 0.2) is 0 Å². The number of rotatable bonds is 8. The van der Waals surface area contributed by atoms with E-state index < -0.39 is 12.3 Å². The summed E-state index contributed by atoms with van der Waals surface area (Å²) >= 11 is 3.22. The summed E-state index contributed by atoms with van der Waals surface area (Å²) in [6, 6.07) is 8.31. The van der Waals surface area contributed by atoms with Crippen LogP contribution in [0.3, 0.4) is 0 Å². The van der Waals surface area contributed by atoms with Crippen molar-refractivity contribution in [3.05, 3.63) is 58.1 Å². The highest BCUT2D eigenvalue weighted by molar-refractivity contribution is 9.10. The smallest absolute Gasteiger partial charge is 0.283 e. The van der Waals surface area contributed by atoms with Crippen molar-refractivity contribution in [2.75, 3.05) is 10.6 Å². The van der Waals surface area contributed by atoms with E-state index in [0.717, 1.165) is 12.8 Å². The molecule has 168 valence electrons. The average Bonchev–Trinajstić information content (AvgIpc) is 3.35. The molecule has 1 aromatic carbocycles. The minimum Gasteiger partial charge on any atom is -0.324 e. The van der Waals surface area contributed by atoms with Crippen LogP contribution in [0.15, 0.2) is 41.0 Å². The maximum Gasteiger partial charge on any atom is 0.283 e. The van der Waals surface area contributed by atoms with Gasteiger partial charge in [0.2, 0.25) is 5.91 Å². The minimum absolute atomic E-state index is 0.132. The Kier molecular flexibility index (Phi) is 6.35. The number of carbonyl (C=O) groups excluding carboxylic acids is 2. The van der Waals surface area contributed by atoms with Gasteiger partial charge in [0, 0.05) is 30.0 Å². The van der Waals surface area contributed by atoms with Crippen molar-refractivity contribution in [1.29, 1.82) is 0 Å². The summed E-state index contributed by atoms with van der Waals surface area (Å²) < 4.78 is 29.7. The Balaban J connectivity index is 1.45. The standard InChI is InChI=1S/C21H21BrF2N6O2/c1-2-29-15(8-9-25-29)21(32)27-14-5-3-4-13(10-14)26-16(31)11-30-19(12-6-7-12)17(22)18(28-30)20(23)24/h3-5,8-10,12,20H,2,6-7,11H2,1H3,(H,26,31)(H,27,32). The third-order valence-electron chi connectivity index (χ3n) is 5.07. The summed E-state index contributed by atoms with van der Waals surface area (Å²) in [5.41, 5.74) is 1.66. The molecule has 0 radical (unpaired) electrons. The number of aromatic nitrogens is 4. The number of alkyl halides is 2. The monoisotopic (exact) mass is 506 g/mol. The van der Waals surface area contributed by atoms with E-state index in [-0.39, 0.29) is 28.5 Å². The Morgan fingerprint density at radius 2 is 1.91 bits per heavy atom. The number of amides is 2.